The van der Waals surface area contributed by atoms with Gasteiger partial charge < -0.3 is 19.5 Å². The first kappa shape index (κ1) is 14.4. The van der Waals surface area contributed by atoms with E-state index in [2.05, 4.69) is 21.1 Å². The number of rotatable bonds is 4. The van der Waals surface area contributed by atoms with E-state index >= 15 is 0 Å². The number of halogens is 1. The molecule has 0 amide bonds. The lowest BCUT2D eigenvalue weighted by Gasteiger charge is -2.12. The van der Waals surface area contributed by atoms with Gasteiger partial charge in [-0.3, -0.25) is 0 Å². The summed E-state index contributed by atoms with van der Waals surface area (Å²) in [6.07, 6.45) is 0.702. The highest BCUT2D eigenvalue weighted by molar-refractivity contribution is 9.10. The smallest absolute Gasteiger partial charge is 0.374 e. The van der Waals surface area contributed by atoms with Crippen molar-refractivity contribution < 1.29 is 24.3 Å². The third-order valence-electron chi connectivity index (χ3n) is 2.85. The molecule has 0 atom stereocenters. The zero-order chi connectivity index (χ0) is 14.9. The predicted octanol–water partition coefficient (Wildman–Crippen LogP) is 3.08. The van der Waals surface area contributed by atoms with Crippen LogP contribution in [0.2, 0.25) is 0 Å². The summed E-state index contributed by atoms with van der Waals surface area (Å²) < 4.78 is 10.5. The number of hydrogen-bond donors (Lipinski definition) is 2. The molecule has 0 aliphatic rings. The van der Waals surface area contributed by atoms with Gasteiger partial charge in [-0.1, -0.05) is 12.1 Å². The molecule has 20 heavy (non-hydrogen) atoms. The number of phenols is 1. The van der Waals surface area contributed by atoms with Crippen molar-refractivity contribution in [1.82, 2.24) is 5.16 Å². The molecular formula is C13H12BrNO5. The number of aromatic hydroxyl groups is 1. The Morgan fingerprint density at radius 3 is 2.70 bits per heavy atom. The summed E-state index contributed by atoms with van der Waals surface area (Å²) in [5, 5.41) is 22.7. The summed E-state index contributed by atoms with van der Waals surface area (Å²) in [7, 11) is 1.44. The number of carbonyl (C=O) groups is 1. The van der Waals surface area contributed by atoms with Gasteiger partial charge in [-0.15, -0.1) is 0 Å². The molecule has 0 spiro atoms. The number of carboxylic acids is 1. The fourth-order valence-electron chi connectivity index (χ4n) is 1.82. The zero-order valence-electron chi connectivity index (χ0n) is 10.8. The number of methoxy groups -OCH3 is 1. The monoisotopic (exact) mass is 341 g/mol. The van der Waals surface area contributed by atoms with E-state index in [1.165, 1.54) is 13.2 Å². The second kappa shape index (κ2) is 5.54. The molecule has 2 rings (SSSR count). The summed E-state index contributed by atoms with van der Waals surface area (Å²) in [4.78, 5) is 10.8. The lowest BCUT2D eigenvalue weighted by atomic mass is 10.0. The molecule has 0 aliphatic heterocycles. The average molecular weight is 342 g/mol. The summed E-state index contributed by atoms with van der Waals surface area (Å²) in [5.41, 5.74) is 1.47. The molecule has 2 aromatic rings. The zero-order valence-corrected chi connectivity index (χ0v) is 12.4. The van der Waals surface area contributed by atoms with Gasteiger partial charge in [-0.05, 0) is 34.0 Å². The number of aryl methyl sites for hydroxylation is 1. The normalized spacial score (nSPS) is 10.6. The fraction of sp³-hybridized carbons (Fsp3) is 0.231. The number of benzene rings is 1. The molecule has 0 fully saturated rings. The Hall–Kier alpha value is -2.02. The van der Waals surface area contributed by atoms with Gasteiger partial charge in [0.25, 0.3) is 0 Å². The minimum Gasteiger partial charge on any atom is -0.504 e. The third kappa shape index (κ3) is 2.36. The quantitative estimate of drug-likeness (QED) is 0.887. The Morgan fingerprint density at radius 1 is 1.50 bits per heavy atom. The maximum absolute atomic E-state index is 10.8. The minimum atomic E-state index is -1.22. The highest BCUT2D eigenvalue weighted by Gasteiger charge is 2.22. The minimum absolute atomic E-state index is 0.123. The number of carboxylic acid groups (broad SMARTS) is 1. The van der Waals surface area contributed by atoms with Crippen LogP contribution >= 0.6 is 15.9 Å². The van der Waals surface area contributed by atoms with Crippen LogP contribution in [0.1, 0.15) is 23.0 Å². The van der Waals surface area contributed by atoms with Gasteiger partial charge in [0.05, 0.1) is 12.7 Å². The molecule has 0 aliphatic carbocycles. The molecule has 0 bridgehead atoms. The first-order valence-electron chi connectivity index (χ1n) is 5.78. The van der Waals surface area contributed by atoms with Crippen LogP contribution in [0.3, 0.4) is 0 Å². The summed E-state index contributed by atoms with van der Waals surface area (Å²) in [5.74, 6) is -1.35. The standard InChI is InChI=1S/C13H12BrNO5/c1-3-6-4-8(19-2)12(16)10(11(6)14)7-5-9(13(17)18)20-15-7/h4-5,16H,3H2,1-2H3,(H,17,18). The van der Waals surface area contributed by atoms with E-state index in [1.807, 2.05) is 6.92 Å². The van der Waals surface area contributed by atoms with Crippen molar-refractivity contribution in [3.05, 3.63) is 27.9 Å². The van der Waals surface area contributed by atoms with Gasteiger partial charge in [0.1, 0.15) is 5.69 Å². The molecule has 2 N–H and O–H groups in total. The van der Waals surface area contributed by atoms with Crippen LogP contribution in [0.4, 0.5) is 0 Å². The topological polar surface area (TPSA) is 92.8 Å². The maximum atomic E-state index is 10.8. The van der Waals surface area contributed by atoms with Crippen LogP contribution in [-0.2, 0) is 6.42 Å². The Labute approximate surface area is 123 Å². The summed E-state index contributed by atoms with van der Waals surface area (Å²) in [6.45, 7) is 1.95. The Balaban J connectivity index is 2.67. The molecule has 7 heteroatoms. The highest BCUT2D eigenvalue weighted by atomic mass is 79.9. The van der Waals surface area contributed by atoms with Crippen molar-refractivity contribution >= 4 is 21.9 Å². The van der Waals surface area contributed by atoms with Gasteiger partial charge in [0.15, 0.2) is 11.5 Å². The van der Waals surface area contributed by atoms with Crippen molar-refractivity contribution in [3.63, 3.8) is 0 Å². The van der Waals surface area contributed by atoms with Gasteiger partial charge in [-0.2, -0.15) is 0 Å². The van der Waals surface area contributed by atoms with Crippen LogP contribution in [-0.4, -0.2) is 28.4 Å². The van der Waals surface area contributed by atoms with Gasteiger partial charge in [-0.25, -0.2) is 4.79 Å². The van der Waals surface area contributed by atoms with Crippen LogP contribution in [0.15, 0.2) is 21.1 Å². The first-order valence-corrected chi connectivity index (χ1v) is 6.57. The molecule has 6 nitrogen and oxygen atoms in total. The Kier molecular flexibility index (Phi) is 3.99. The van der Waals surface area contributed by atoms with E-state index in [0.29, 0.717) is 22.2 Å². The molecule has 0 saturated heterocycles. The predicted molar refractivity (Wildman–Crippen MR) is 74.2 cm³/mol. The van der Waals surface area contributed by atoms with Crippen molar-refractivity contribution in [2.24, 2.45) is 0 Å². The SMILES string of the molecule is CCc1cc(OC)c(O)c(-c2cc(C(=O)O)on2)c1Br. The van der Waals surface area contributed by atoms with Crippen molar-refractivity contribution in [3.8, 4) is 22.8 Å². The summed E-state index contributed by atoms with van der Waals surface area (Å²) >= 11 is 3.39. The van der Waals surface area contributed by atoms with Gasteiger partial charge in [0.2, 0.25) is 5.76 Å². The Morgan fingerprint density at radius 2 is 2.20 bits per heavy atom. The summed E-state index contributed by atoms with van der Waals surface area (Å²) in [6, 6.07) is 2.96. The Bertz CT molecular complexity index is 637. The van der Waals surface area contributed by atoms with E-state index in [0.717, 1.165) is 5.56 Å². The lowest BCUT2D eigenvalue weighted by molar-refractivity contribution is 0.0652. The van der Waals surface area contributed by atoms with Crippen LogP contribution in [0.5, 0.6) is 11.5 Å². The van der Waals surface area contributed by atoms with Gasteiger partial charge >= 0.3 is 5.97 Å². The second-order valence-corrected chi connectivity index (χ2v) is 4.80. The fourth-order valence-corrected chi connectivity index (χ4v) is 2.60. The number of nitrogens with zero attached hydrogens (tertiary/aromatic N) is 1. The van der Waals surface area contributed by atoms with Crippen molar-refractivity contribution in [2.75, 3.05) is 7.11 Å². The molecule has 1 aromatic carbocycles. The number of phenolic OH excluding ortho intramolecular Hbond substituents is 1. The van der Waals surface area contributed by atoms with E-state index in [4.69, 9.17) is 14.4 Å². The molecular weight excluding hydrogens is 330 g/mol. The second-order valence-electron chi connectivity index (χ2n) is 4.01. The molecule has 1 aromatic heterocycles. The molecule has 106 valence electrons. The molecule has 0 unspecified atom stereocenters. The maximum Gasteiger partial charge on any atom is 0.374 e. The first-order chi connectivity index (χ1) is 9.49. The molecule has 1 heterocycles. The van der Waals surface area contributed by atoms with E-state index < -0.39 is 5.97 Å². The number of ether oxygens (including phenoxy) is 1. The number of aromatic nitrogens is 1. The van der Waals surface area contributed by atoms with Crippen LogP contribution in [0.25, 0.3) is 11.3 Å². The third-order valence-corrected chi connectivity index (χ3v) is 3.76. The average Bonchev–Trinajstić information content (AvgIpc) is 2.89. The van der Waals surface area contributed by atoms with Crippen molar-refractivity contribution in [2.45, 2.75) is 13.3 Å². The molecule has 0 radical (unpaired) electrons. The number of hydrogen-bond acceptors (Lipinski definition) is 5. The van der Waals surface area contributed by atoms with Crippen LogP contribution in [0, 0.1) is 0 Å². The van der Waals surface area contributed by atoms with Crippen molar-refractivity contribution in [1.29, 1.82) is 0 Å². The lowest BCUT2D eigenvalue weighted by Crippen LogP contribution is -1.94. The number of aromatic carboxylic acids is 1. The van der Waals surface area contributed by atoms with E-state index in [-0.39, 0.29) is 17.2 Å². The van der Waals surface area contributed by atoms with Gasteiger partial charge in [0, 0.05) is 10.5 Å². The van der Waals surface area contributed by atoms with E-state index in [1.54, 1.807) is 6.07 Å². The largest absolute Gasteiger partial charge is 0.504 e. The van der Waals surface area contributed by atoms with Crippen LogP contribution < -0.4 is 4.74 Å². The van der Waals surface area contributed by atoms with E-state index in [9.17, 15) is 9.90 Å². The highest BCUT2D eigenvalue weighted by Crippen LogP contribution is 2.44. The molecule has 0 saturated carbocycles.